The van der Waals surface area contributed by atoms with E-state index in [-0.39, 0.29) is 23.6 Å². The quantitative estimate of drug-likeness (QED) is 0.709. The number of likely N-dealkylation sites (tertiary alicyclic amines) is 2. The zero-order chi connectivity index (χ0) is 21.8. The maximum absolute atomic E-state index is 13.1. The van der Waals surface area contributed by atoms with Crippen LogP contribution in [0.25, 0.3) is 0 Å². The van der Waals surface area contributed by atoms with E-state index in [0.29, 0.717) is 43.3 Å². The van der Waals surface area contributed by atoms with Crippen molar-refractivity contribution in [2.75, 3.05) is 58.9 Å². The summed E-state index contributed by atoms with van der Waals surface area (Å²) in [6.07, 6.45) is 3.86. The van der Waals surface area contributed by atoms with E-state index in [2.05, 4.69) is 4.90 Å². The van der Waals surface area contributed by atoms with Crippen molar-refractivity contribution in [3.8, 4) is 0 Å². The Labute approximate surface area is 188 Å². The van der Waals surface area contributed by atoms with Crippen LogP contribution in [0.1, 0.15) is 36.0 Å². The molecule has 0 bridgehead atoms. The van der Waals surface area contributed by atoms with Gasteiger partial charge in [0, 0.05) is 62.9 Å². The van der Waals surface area contributed by atoms with Crippen molar-refractivity contribution >= 4 is 29.3 Å². The van der Waals surface area contributed by atoms with Crippen molar-refractivity contribution in [3.05, 3.63) is 34.9 Å². The molecule has 7 nitrogen and oxygen atoms in total. The molecule has 0 radical (unpaired) electrons. The topological polar surface area (TPSA) is 64.2 Å². The van der Waals surface area contributed by atoms with Crippen LogP contribution in [0.15, 0.2) is 24.3 Å². The van der Waals surface area contributed by atoms with Gasteiger partial charge in [-0.25, -0.2) is 0 Å². The van der Waals surface area contributed by atoms with E-state index >= 15 is 0 Å². The van der Waals surface area contributed by atoms with E-state index < -0.39 is 0 Å². The number of carbonyl (C=O) groups is 3. The first kappa shape index (κ1) is 22.1. The van der Waals surface area contributed by atoms with Gasteiger partial charge in [-0.2, -0.15) is 0 Å². The minimum absolute atomic E-state index is 0.0422. The predicted molar refractivity (Wildman–Crippen MR) is 119 cm³/mol. The number of piperazine rings is 1. The van der Waals surface area contributed by atoms with Crippen molar-refractivity contribution in [2.24, 2.45) is 5.92 Å². The molecule has 0 N–H and O–H groups in total. The molecule has 3 heterocycles. The standard InChI is InChI=1S/C23H31ClN4O3/c24-20-7-5-18(6-8-20)22(30)28-11-3-4-19(16-28)23(31)27-14-12-25(13-15-27)17-21(29)26-9-1-2-10-26/h5-8,19H,1-4,9-17H2/t19-/m1/s1. The molecule has 0 saturated carbocycles. The van der Waals surface area contributed by atoms with Gasteiger partial charge >= 0.3 is 0 Å². The fraction of sp³-hybridized carbons (Fsp3) is 0.609. The van der Waals surface area contributed by atoms with Gasteiger partial charge in [0.15, 0.2) is 0 Å². The first-order valence-corrected chi connectivity index (χ1v) is 11.7. The van der Waals surface area contributed by atoms with E-state index in [0.717, 1.165) is 51.9 Å². The van der Waals surface area contributed by atoms with Gasteiger partial charge in [-0.05, 0) is 49.9 Å². The highest BCUT2D eigenvalue weighted by molar-refractivity contribution is 6.30. The zero-order valence-corrected chi connectivity index (χ0v) is 18.7. The van der Waals surface area contributed by atoms with Crippen LogP contribution in [0.5, 0.6) is 0 Å². The van der Waals surface area contributed by atoms with Crippen LogP contribution >= 0.6 is 11.6 Å². The molecule has 168 valence electrons. The number of carbonyl (C=O) groups excluding carboxylic acids is 3. The number of hydrogen-bond acceptors (Lipinski definition) is 4. The van der Waals surface area contributed by atoms with Gasteiger partial charge in [0.05, 0.1) is 12.5 Å². The van der Waals surface area contributed by atoms with E-state index in [9.17, 15) is 14.4 Å². The molecule has 3 aliphatic heterocycles. The summed E-state index contributed by atoms with van der Waals surface area (Å²) in [4.78, 5) is 46.1. The van der Waals surface area contributed by atoms with Crippen molar-refractivity contribution < 1.29 is 14.4 Å². The third-order valence-electron chi connectivity index (χ3n) is 6.65. The van der Waals surface area contributed by atoms with Gasteiger partial charge in [-0.3, -0.25) is 19.3 Å². The first-order chi connectivity index (χ1) is 15.0. The fourth-order valence-electron chi connectivity index (χ4n) is 4.78. The summed E-state index contributed by atoms with van der Waals surface area (Å²) in [6.45, 7) is 6.10. The number of amides is 3. The van der Waals surface area contributed by atoms with Gasteiger partial charge in [0.1, 0.15) is 0 Å². The van der Waals surface area contributed by atoms with Crippen LogP contribution in [-0.2, 0) is 9.59 Å². The molecule has 0 spiro atoms. The smallest absolute Gasteiger partial charge is 0.253 e. The van der Waals surface area contributed by atoms with Gasteiger partial charge in [-0.1, -0.05) is 11.6 Å². The Bertz CT molecular complexity index is 802. The van der Waals surface area contributed by atoms with Gasteiger partial charge in [0.25, 0.3) is 5.91 Å². The molecule has 0 aliphatic carbocycles. The second-order valence-corrected chi connectivity index (χ2v) is 9.22. The Morgan fingerprint density at radius 2 is 1.45 bits per heavy atom. The summed E-state index contributed by atoms with van der Waals surface area (Å²) in [5.74, 6) is 0.155. The van der Waals surface area contributed by atoms with Crippen LogP contribution in [0.3, 0.4) is 0 Å². The molecule has 3 fully saturated rings. The fourth-order valence-corrected chi connectivity index (χ4v) is 4.91. The third-order valence-corrected chi connectivity index (χ3v) is 6.90. The number of nitrogens with zero attached hydrogens (tertiary/aromatic N) is 4. The first-order valence-electron chi connectivity index (χ1n) is 11.3. The summed E-state index contributed by atoms with van der Waals surface area (Å²) in [5.41, 5.74) is 0.605. The van der Waals surface area contributed by atoms with Crippen LogP contribution in [0.4, 0.5) is 0 Å². The lowest BCUT2D eigenvalue weighted by Gasteiger charge is -2.39. The second-order valence-electron chi connectivity index (χ2n) is 8.79. The molecule has 4 rings (SSSR count). The summed E-state index contributed by atoms with van der Waals surface area (Å²) in [7, 11) is 0. The number of hydrogen-bond donors (Lipinski definition) is 0. The molecule has 1 aromatic rings. The molecule has 3 saturated heterocycles. The van der Waals surface area contributed by atoms with Crippen molar-refractivity contribution in [1.82, 2.24) is 19.6 Å². The maximum Gasteiger partial charge on any atom is 0.253 e. The average molecular weight is 447 g/mol. The highest BCUT2D eigenvalue weighted by atomic mass is 35.5. The summed E-state index contributed by atoms with van der Waals surface area (Å²) in [5, 5.41) is 0.601. The lowest BCUT2D eigenvalue weighted by molar-refractivity contribution is -0.139. The van der Waals surface area contributed by atoms with E-state index in [1.54, 1.807) is 29.2 Å². The molecule has 1 atom stereocenters. The number of piperidine rings is 1. The summed E-state index contributed by atoms with van der Waals surface area (Å²) < 4.78 is 0. The molecule has 8 heteroatoms. The average Bonchev–Trinajstić information content (AvgIpc) is 3.34. The van der Waals surface area contributed by atoms with E-state index in [4.69, 9.17) is 11.6 Å². The SMILES string of the molecule is O=C(CN1CCN(C(=O)[C@@H]2CCCN(C(=O)c3ccc(Cl)cc3)C2)CC1)N1CCCC1. The number of rotatable bonds is 4. The van der Waals surface area contributed by atoms with Crippen molar-refractivity contribution in [3.63, 3.8) is 0 Å². The van der Waals surface area contributed by atoms with Gasteiger partial charge in [-0.15, -0.1) is 0 Å². The van der Waals surface area contributed by atoms with Gasteiger partial charge < -0.3 is 14.7 Å². The summed E-state index contributed by atoms with van der Waals surface area (Å²) in [6, 6.07) is 6.90. The van der Waals surface area contributed by atoms with Crippen molar-refractivity contribution in [2.45, 2.75) is 25.7 Å². The molecule has 0 unspecified atom stereocenters. The molecule has 0 aromatic heterocycles. The Kier molecular flexibility index (Phi) is 7.13. The Morgan fingerprint density at radius 3 is 2.13 bits per heavy atom. The van der Waals surface area contributed by atoms with Crippen molar-refractivity contribution in [1.29, 1.82) is 0 Å². The normalized spacial score (nSPS) is 22.6. The van der Waals surface area contributed by atoms with E-state index in [1.165, 1.54) is 0 Å². The van der Waals surface area contributed by atoms with Crippen LogP contribution in [-0.4, -0.2) is 96.2 Å². The molecule has 3 aliphatic rings. The van der Waals surface area contributed by atoms with E-state index in [1.807, 2.05) is 9.80 Å². The Balaban J connectivity index is 1.27. The molecular weight excluding hydrogens is 416 g/mol. The highest BCUT2D eigenvalue weighted by Gasteiger charge is 2.33. The Hall–Kier alpha value is -2.12. The lowest BCUT2D eigenvalue weighted by atomic mass is 9.95. The van der Waals surface area contributed by atoms with Gasteiger partial charge in [0.2, 0.25) is 11.8 Å². The molecule has 31 heavy (non-hydrogen) atoms. The summed E-state index contributed by atoms with van der Waals surface area (Å²) >= 11 is 5.92. The monoisotopic (exact) mass is 446 g/mol. The van der Waals surface area contributed by atoms with Crippen LogP contribution in [0.2, 0.25) is 5.02 Å². The number of benzene rings is 1. The van der Waals surface area contributed by atoms with Crippen LogP contribution < -0.4 is 0 Å². The van der Waals surface area contributed by atoms with Crippen LogP contribution in [0, 0.1) is 5.92 Å². The molecule has 3 amide bonds. The lowest BCUT2D eigenvalue weighted by Crippen LogP contribution is -2.54. The Morgan fingerprint density at radius 1 is 0.806 bits per heavy atom. The maximum atomic E-state index is 13.1. The zero-order valence-electron chi connectivity index (χ0n) is 18.0. The second kappa shape index (κ2) is 10.0. The predicted octanol–water partition coefficient (Wildman–Crippen LogP) is 1.96. The molecule has 1 aromatic carbocycles. The molecular formula is C23H31ClN4O3. The number of halogens is 1. The minimum atomic E-state index is -0.150. The minimum Gasteiger partial charge on any atom is -0.342 e. The third kappa shape index (κ3) is 5.39. The largest absolute Gasteiger partial charge is 0.342 e. The highest BCUT2D eigenvalue weighted by Crippen LogP contribution is 2.22.